The van der Waals surface area contributed by atoms with Crippen molar-refractivity contribution in [3.8, 4) is 5.75 Å². The molecule has 25 heavy (non-hydrogen) atoms. The molecule has 6 heteroatoms. The van der Waals surface area contributed by atoms with Crippen molar-refractivity contribution >= 4 is 40.0 Å². The molecule has 0 aliphatic rings. The van der Waals surface area contributed by atoms with Crippen molar-refractivity contribution in [2.24, 2.45) is 0 Å². The van der Waals surface area contributed by atoms with Crippen molar-refractivity contribution in [2.45, 2.75) is 0 Å². The molecule has 2 aromatic heterocycles. The van der Waals surface area contributed by atoms with Crippen LogP contribution in [0.3, 0.4) is 0 Å². The van der Waals surface area contributed by atoms with Gasteiger partial charge in [0, 0.05) is 5.39 Å². The van der Waals surface area contributed by atoms with E-state index in [1.165, 1.54) is 13.2 Å². The molecule has 0 radical (unpaired) electrons. The van der Waals surface area contributed by atoms with Crippen LogP contribution in [0.2, 0.25) is 0 Å². The van der Waals surface area contributed by atoms with Gasteiger partial charge in [0.1, 0.15) is 16.9 Å². The molecule has 0 fully saturated rings. The predicted molar refractivity (Wildman–Crippen MR) is 94.7 cm³/mol. The highest BCUT2D eigenvalue weighted by atomic mass is 16.5. The van der Waals surface area contributed by atoms with Gasteiger partial charge in [-0.15, -0.1) is 0 Å². The minimum Gasteiger partial charge on any atom is -0.495 e. The van der Waals surface area contributed by atoms with Crippen LogP contribution in [0.5, 0.6) is 5.75 Å². The van der Waals surface area contributed by atoms with Crippen LogP contribution in [-0.4, -0.2) is 28.4 Å². The quantitative estimate of drug-likeness (QED) is 0.584. The number of carboxylic acid groups (broad SMARTS) is 1. The van der Waals surface area contributed by atoms with E-state index in [1.807, 2.05) is 36.4 Å². The number of aromatic amines is 1. The van der Waals surface area contributed by atoms with Crippen LogP contribution >= 0.6 is 0 Å². The number of aromatic carboxylic acids is 1. The number of furan rings is 1. The van der Waals surface area contributed by atoms with Gasteiger partial charge in [-0.2, -0.15) is 5.10 Å². The molecule has 2 heterocycles. The minimum atomic E-state index is -1.04. The number of nitrogens with zero attached hydrogens (tertiary/aromatic N) is 1. The second-order valence-corrected chi connectivity index (χ2v) is 5.53. The number of nitrogens with one attached hydrogen (secondary N) is 1. The molecule has 2 aromatic carbocycles. The summed E-state index contributed by atoms with van der Waals surface area (Å²) in [5.41, 5.74) is 3.24. The SMILES string of the molecule is COc1c(C(=O)O)ccc2[nH]nc(C=Cc3ccc4occc4c3)c12. The summed E-state index contributed by atoms with van der Waals surface area (Å²) in [6, 6.07) is 10.9. The Morgan fingerprint density at radius 3 is 2.92 bits per heavy atom. The molecule has 4 aromatic rings. The number of H-pyrrole nitrogens is 1. The summed E-state index contributed by atoms with van der Waals surface area (Å²) in [5, 5.41) is 18.2. The van der Waals surface area contributed by atoms with E-state index in [4.69, 9.17) is 9.15 Å². The molecule has 0 saturated heterocycles. The maximum Gasteiger partial charge on any atom is 0.339 e. The van der Waals surface area contributed by atoms with Crippen LogP contribution in [0.15, 0.2) is 47.1 Å². The van der Waals surface area contributed by atoms with Gasteiger partial charge < -0.3 is 14.3 Å². The van der Waals surface area contributed by atoms with Gasteiger partial charge in [-0.25, -0.2) is 4.79 Å². The summed E-state index contributed by atoms with van der Waals surface area (Å²) in [7, 11) is 1.45. The first-order valence-corrected chi connectivity index (χ1v) is 7.61. The van der Waals surface area contributed by atoms with E-state index in [0.717, 1.165) is 16.5 Å². The molecule has 0 aliphatic heterocycles. The Hall–Kier alpha value is -3.54. The third kappa shape index (κ3) is 2.53. The first-order valence-electron chi connectivity index (χ1n) is 7.61. The zero-order valence-electron chi connectivity index (χ0n) is 13.3. The fraction of sp³-hybridized carbons (Fsp3) is 0.0526. The van der Waals surface area contributed by atoms with Crippen LogP contribution in [0, 0.1) is 0 Å². The molecule has 124 valence electrons. The van der Waals surface area contributed by atoms with E-state index in [1.54, 1.807) is 12.3 Å². The van der Waals surface area contributed by atoms with E-state index in [0.29, 0.717) is 22.3 Å². The van der Waals surface area contributed by atoms with E-state index in [-0.39, 0.29) is 5.56 Å². The number of aromatic nitrogens is 2. The zero-order valence-corrected chi connectivity index (χ0v) is 13.3. The normalized spacial score (nSPS) is 11.6. The van der Waals surface area contributed by atoms with E-state index >= 15 is 0 Å². The molecule has 0 atom stereocenters. The lowest BCUT2D eigenvalue weighted by Crippen LogP contribution is -2.00. The van der Waals surface area contributed by atoms with Gasteiger partial charge >= 0.3 is 5.97 Å². The average molecular weight is 334 g/mol. The maximum absolute atomic E-state index is 11.4. The third-order valence-electron chi connectivity index (χ3n) is 4.06. The fourth-order valence-electron chi connectivity index (χ4n) is 2.87. The second kappa shape index (κ2) is 5.83. The molecule has 6 nitrogen and oxygen atoms in total. The molecule has 0 bridgehead atoms. The summed E-state index contributed by atoms with van der Waals surface area (Å²) in [6.45, 7) is 0. The van der Waals surface area contributed by atoms with E-state index < -0.39 is 5.97 Å². The van der Waals surface area contributed by atoms with Crippen LogP contribution in [0.4, 0.5) is 0 Å². The molecule has 0 spiro atoms. The number of fused-ring (bicyclic) bond motifs is 2. The lowest BCUT2D eigenvalue weighted by Gasteiger charge is -2.06. The monoisotopic (exact) mass is 334 g/mol. The summed E-state index contributed by atoms with van der Waals surface area (Å²) in [6.07, 6.45) is 5.39. The molecular weight excluding hydrogens is 320 g/mol. The highest BCUT2D eigenvalue weighted by Gasteiger charge is 2.17. The van der Waals surface area contributed by atoms with E-state index in [2.05, 4.69) is 10.2 Å². The number of carbonyl (C=O) groups is 1. The van der Waals surface area contributed by atoms with Gasteiger partial charge in [0.05, 0.1) is 30.0 Å². The summed E-state index contributed by atoms with van der Waals surface area (Å²) >= 11 is 0. The van der Waals surface area contributed by atoms with Gasteiger partial charge in [0.2, 0.25) is 0 Å². The minimum absolute atomic E-state index is 0.103. The molecule has 4 rings (SSSR count). The first kappa shape index (κ1) is 15.0. The molecule has 2 N–H and O–H groups in total. The van der Waals surface area contributed by atoms with Crippen molar-refractivity contribution < 1.29 is 19.1 Å². The van der Waals surface area contributed by atoms with Crippen LogP contribution in [0.1, 0.15) is 21.6 Å². The van der Waals surface area contributed by atoms with Crippen LogP contribution in [0.25, 0.3) is 34.0 Å². The predicted octanol–water partition coefficient (Wildman–Crippen LogP) is 4.19. The van der Waals surface area contributed by atoms with Crippen LogP contribution in [-0.2, 0) is 0 Å². The molecule has 0 unspecified atom stereocenters. The second-order valence-electron chi connectivity index (χ2n) is 5.53. The Morgan fingerprint density at radius 1 is 1.24 bits per heavy atom. The highest BCUT2D eigenvalue weighted by Crippen LogP contribution is 2.32. The topological polar surface area (TPSA) is 88.4 Å². The Kier molecular flexibility index (Phi) is 3.50. The van der Waals surface area contributed by atoms with Gasteiger partial charge in [-0.05, 0) is 42.0 Å². The molecule has 0 aliphatic carbocycles. The third-order valence-corrected chi connectivity index (χ3v) is 4.06. The fourth-order valence-corrected chi connectivity index (χ4v) is 2.87. The van der Waals surface area contributed by atoms with Crippen LogP contribution < -0.4 is 4.74 Å². The zero-order chi connectivity index (χ0) is 17.4. The van der Waals surface area contributed by atoms with Gasteiger partial charge in [0.25, 0.3) is 0 Å². The standard InChI is InChI=1S/C19H14N2O4/c1-24-18-13(19(22)23)4-6-15-17(18)14(20-21-15)5-2-11-3-7-16-12(10-11)8-9-25-16/h2-10H,1H3,(H,20,21)(H,22,23). The van der Waals surface area contributed by atoms with Gasteiger partial charge in [-0.3, -0.25) is 5.10 Å². The number of hydrogen-bond donors (Lipinski definition) is 2. The number of carboxylic acids is 1. The largest absolute Gasteiger partial charge is 0.495 e. The summed E-state index contributed by atoms with van der Waals surface area (Å²) in [4.78, 5) is 11.4. The number of ether oxygens (including phenoxy) is 1. The number of methoxy groups -OCH3 is 1. The molecular formula is C19H14N2O4. The maximum atomic E-state index is 11.4. The van der Waals surface area contributed by atoms with Crippen molar-refractivity contribution in [1.29, 1.82) is 0 Å². The van der Waals surface area contributed by atoms with Gasteiger partial charge in [-0.1, -0.05) is 12.1 Å². The summed E-state index contributed by atoms with van der Waals surface area (Å²) < 4.78 is 10.7. The Bertz CT molecular complexity index is 1120. The lowest BCUT2D eigenvalue weighted by molar-refractivity contribution is 0.0693. The highest BCUT2D eigenvalue weighted by molar-refractivity contribution is 6.03. The Balaban J connectivity index is 1.80. The Labute approximate surface area is 142 Å². The van der Waals surface area contributed by atoms with Crippen molar-refractivity contribution in [1.82, 2.24) is 10.2 Å². The first-order chi connectivity index (χ1) is 12.2. The number of benzene rings is 2. The van der Waals surface area contributed by atoms with Crippen molar-refractivity contribution in [3.63, 3.8) is 0 Å². The van der Waals surface area contributed by atoms with E-state index in [9.17, 15) is 9.90 Å². The molecule has 0 amide bonds. The number of rotatable bonds is 4. The Morgan fingerprint density at radius 2 is 2.12 bits per heavy atom. The van der Waals surface area contributed by atoms with Gasteiger partial charge in [0.15, 0.2) is 0 Å². The summed E-state index contributed by atoms with van der Waals surface area (Å²) in [5.74, 6) is -0.746. The number of hydrogen-bond acceptors (Lipinski definition) is 4. The smallest absolute Gasteiger partial charge is 0.339 e. The molecule has 0 saturated carbocycles. The average Bonchev–Trinajstić information content (AvgIpc) is 3.25. The van der Waals surface area contributed by atoms with Crippen molar-refractivity contribution in [2.75, 3.05) is 7.11 Å². The lowest BCUT2D eigenvalue weighted by atomic mass is 10.1. The van der Waals surface area contributed by atoms with Crippen molar-refractivity contribution in [3.05, 3.63) is 59.5 Å².